The minimum absolute atomic E-state index is 0.00820. The van der Waals surface area contributed by atoms with E-state index in [1.807, 2.05) is 24.0 Å². The molecule has 1 aromatic carbocycles. The molecule has 2 bridgehead atoms. The molecule has 4 heterocycles. The zero-order valence-electron chi connectivity index (χ0n) is 18.2. The monoisotopic (exact) mass is 435 g/mol. The lowest BCUT2D eigenvalue weighted by Crippen LogP contribution is -2.55. The lowest BCUT2D eigenvalue weighted by molar-refractivity contribution is 0.153. The van der Waals surface area contributed by atoms with E-state index in [9.17, 15) is 13.2 Å². The first-order chi connectivity index (χ1) is 14.2. The average molecular weight is 436 g/mol. The molecule has 0 N–H and O–H groups in total. The molecule has 4 saturated heterocycles. The van der Waals surface area contributed by atoms with E-state index in [0.717, 1.165) is 25.3 Å². The van der Waals surface area contributed by atoms with Crippen LogP contribution in [0.2, 0.25) is 0 Å². The van der Waals surface area contributed by atoms with Crippen LogP contribution in [0, 0.1) is 11.3 Å². The maximum atomic E-state index is 13.2. The number of benzene rings is 1. The van der Waals surface area contributed by atoms with Gasteiger partial charge in [0.2, 0.25) is 0 Å². The first-order valence-electron chi connectivity index (χ1n) is 10.9. The molecule has 2 amide bonds. The van der Waals surface area contributed by atoms with Crippen molar-refractivity contribution in [2.24, 2.45) is 11.3 Å². The molecule has 2 atom stereocenters. The van der Waals surface area contributed by atoms with Gasteiger partial charge in [-0.1, -0.05) is 13.8 Å². The van der Waals surface area contributed by atoms with E-state index in [2.05, 4.69) is 30.9 Å². The Balaban J connectivity index is 1.53. The molecule has 8 heteroatoms. The van der Waals surface area contributed by atoms with Crippen LogP contribution >= 0.6 is 0 Å². The number of nitrogens with zero attached hydrogens (tertiary/aromatic N) is 3. The molecule has 0 spiro atoms. The fourth-order valence-electron chi connectivity index (χ4n) is 5.28. The van der Waals surface area contributed by atoms with E-state index >= 15 is 0 Å². The quantitative estimate of drug-likeness (QED) is 0.730. The molecule has 4 fully saturated rings. The third kappa shape index (κ3) is 4.24. The van der Waals surface area contributed by atoms with Gasteiger partial charge in [-0.05, 0) is 48.9 Å². The van der Waals surface area contributed by atoms with Crippen LogP contribution in [0.15, 0.2) is 24.3 Å². The predicted molar refractivity (Wildman–Crippen MR) is 118 cm³/mol. The Hall–Kier alpha value is -1.96. The van der Waals surface area contributed by atoms with Gasteiger partial charge in [0.15, 0.2) is 9.84 Å². The van der Waals surface area contributed by atoms with Crippen molar-refractivity contribution in [1.82, 2.24) is 9.80 Å². The molecular weight excluding hydrogens is 402 g/mol. The fourth-order valence-corrected chi connectivity index (χ4v) is 6.48. The van der Waals surface area contributed by atoms with E-state index in [1.54, 1.807) is 4.90 Å². The van der Waals surface area contributed by atoms with Crippen molar-refractivity contribution in [1.29, 1.82) is 0 Å². The van der Waals surface area contributed by atoms with Crippen molar-refractivity contribution in [2.75, 3.05) is 55.7 Å². The Morgan fingerprint density at radius 2 is 1.73 bits per heavy atom. The maximum Gasteiger partial charge on any atom is 0.320 e. The van der Waals surface area contributed by atoms with E-state index < -0.39 is 9.84 Å². The number of amides is 2. The Morgan fingerprint density at radius 1 is 1.07 bits per heavy atom. The van der Waals surface area contributed by atoms with Gasteiger partial charge >= 0.3 is 6.03 Å². The number of fused-ring (bicyclic) bond motifs is 4. The molecule has 0 aliphatic carbocycles. The summed E-state index contributed by atoms with van der Waals surface area (Å²) in [6, 6.07) is 8.47. The summed E-state index contributed by atoms with van der Waals surface area (Å²) in [5.41, 5.74) is 1.25. The summed E-state index contributed by atoms with van der Waals surface area (Å²) in [4.78, 5) is 19.4. The minimum atomic E-state index is -3.00. The Labute approximate surface area is 179 Å². The van der Waals surface area contributed by atoms with Gasteiger partial charge in [0, 0.05) is 38.4 Å². The molecule has 166 valence electrons. The number of rotatable bonds is 3. The maximum absolute atomic E-state index is 13.2. The molecule has 0 saturated carbocycles. The molecule has 1 aromatic rings. The number of piperidine rings is 1. The Morgan fingerprint density at radius 3 is 2.37 bits per heavy atom. The molecule has 0 radical (unpaired) electrons. The lowest BCUT2D eigenvalue weighted by atomic mass is 9.73. The van der Waals surface area contributed by atoms with Crippen molar-refractivity contribution in [2.45, 2.75) is 33.2 Å². The highest BCUT2D eigenvalue weighted by Crippen LogP contribution is 2.43. The summed E-state index contributed by atoms with van der Waals surface area (Å²) >= 11 is 0. The molecule has 4 aliphatic rings. The van der Waals surface area contributed by atoms with Crippen LogP contribution in [0.25, 0.3) is 0 Å². The number of anilines is 1. The van der Waals surface area contributed by atoms with Crippen molar-refractivity contribution >= 4 is 21.6 Å². The summed E-state index contributed by atoms with van der Waals surface area (Å²) in [5.74, 6) is 1.41. The van der Waals surface area contributed by atoms with E-state index in [4.69, 9.17) is 4.74 Å². The van der Waals surface area contributed by atoms with E-state index in [0.29, 0.717) is 32.2 Å². The Kier molecular flexibility index (Phi) is 5.64. The van der Waals surface area contributed by atoms with Gasteiger partial charge in [0.1, 0.15) is 5.75 Å². The van der Waals surface area contributed by atoms with Gasteiger partial charge in [0.05, 0.1) is 24.2 Å². The van der Waals surface area contributed by atoms with Crippen molar-refractivity contribution in [3.05, 3.63) is 24.3 Å². The SMILES string of the molecule is CCOc1ccc(N2C[C@H]3CN(C(=O)N4CCS(=O)(=O)CC4)CC2C(C)(C)C3)cc1. The molecule has 1 unspecified atom stereocenters. The zero-order chi connectivity index (χ0) is 21.5. The van der Waals surface area contributed by atoms with Crippen LogP contribution in [0.3, 0.4) is 0 Å². The number of carbonyl (C=O) groups excluding carboxylic acids is 1. The van der Waals surface area contributed by atoms with Gasteiger partial charge in [-0.15, -0.1) is 0 Å². The van der Waals surface area contributed by atoms with Crippen molar-refractivity contribution in [3.8, 4) is 5.75 Å². The average Bonchev–Trinajstić information content (AvgIpc) is 2.95. The number of hydrogen-bond donors (Lipinski definition) is 0. The number of sulfone groups is 1. The van der Waals surface area contributed by atoms with Crippen molar-refractivity contribution < 1.29 is 17.9 Å². The highest BCUT2D eigenvalue weighted by atomic mass is 32.2. The van der Waals surface area contributed by atoms with Crippen LogP contribution in [0.5, 0.6) is 5.75 Å². The van der Waals surface area contributed by atoms with Crippen LogP contribution in [0.1, 0.15) is 27.2 Å². The molecule has 7 nitrogen and oxygen atoms in total. The summed E-state index contributed by atoms with van der Waals surface area (Å²) in [6.45, 7) is 10.2. The number of carbonyl (C=O) groups is 1. The highest BCUT2D eigenvalue weighted by Gasteiger charge is 2.47. The van der Waals surface area contributed by atoms with Crippen LogP contribution in [0.4, 0.5) is 10.5 Å². The van der Waals surface area contributed by atoms with Crippen molar-refractivity contribution in [3.63, 3.8) is 0 Å². The lowest BCUT2D eigenvalue weighted by Gasteiger charge is -2.48. The Bertz CT molecular complexity index is 870. The smallest absolute Gasteiger partial charge is 0.320 e. The van der Waals surface area contributed by atoms with Gasteiger partial charge < -0.3 is 19.4 Å². The topological polar surface area (TPSA) is 70.2 Å². The fraction of sp³-hybridized carbons (Fsp3) is 0.682. The van der Waals surface area contributed by atoms with Gasteiger partial charge in [-0.3, -0.25) is 0 Å². The van der Waals surface area contributed by atoms with Crippen LogP contribution in [-0.2, 0) is 9.84 Å². The summed E-state index contributed by atoms with van der Waals surface area (Å²) in [7, 11) is -3.00. The molecule has 0 aromatic heterocycles. The zero-order valence-corrected chi connectivity index (χ0v) is 19.0. The standard InChI is InChI=1S/C22H33N3O4S/c1-4-29-19-7-5-18(6-8-19)25-15-17-13-22(2,3)20(25)16-24(14-17)21(26)23-9-11-30(27,28)12-10-23/h5-8,17,20H,4,9-16H2,1-3H3/t17-,20?/m1/s1. The highest BCUT2D eigenvalue weighted by molar-refractivity contribution is 7.91. The number of urea groups is 1. The molecule has 30 heavy (non-hydrogen) atoms. The normalized spacial score (nSPS) is 27.6. The van der Waals surface area contributed by atoms with Gasteiger partial charge in [-0.2, -0.15) is 0 Å². The third-order valence-corrected chi connectivity index (χ3v) is 8.39. The summed E-state index contributed by atoms with van der Waals surface area (Å²) in [5, 5.41) is 0. The van der Waals surface area contributed by atoms with Crippen LogP contribution in [-0.4, -0.2) is 81.1 Å². The number of hydrogen-bond acceptors (Lipinski definition) is 5. The summed E-state index contributed by atoms with van der Waals surface area (Å²) in [6.07, 6.45) is 1.09. The van der Waals surface area contributed by atoms with Gasteiger partial charge in [-0.25, -0.2) is 13.2 Å². The molecular formula is C22H33N3O4S. The first kappa shape index (κ1) is 21.3. The largest absolute Gasteiger partial charge is 0.494 e. The van der Waals surface area contributed by atoms with E-state index in [-0.39, 0.29) is 29.0 Å². The summed E-state index contributed by atoms with van der Waals surface area (Å²) < 4.78 is 29.1. The second-order valence-electron chi connectivity index (χ2n) is 9.48. The predicted octanol–water partition coefficient (Wildman–Crippen LogP) is 2.47. The van der Waals surface area contributed by atoms with E-state index in [1.165, 1.54) is 5.69 Å². The minimum Gasteiger partial charge on any atom is -0.494 e. The molecule has 4 aliphatic heterocycles. The third-order valence-electron chi connectivity index (χ3n) is 6.78. The second kappa shape index (κ2) is 7.94. The van der Waals surface area contributed by atoms with Crippen LogP contribution < -0.4 is 9.64 Å². The first-order valence-corrected chi connectivity index (χ1v) is 12.7. The second-order valence-corrected chi connectivity index (χ2v) is 11.8. The molecule has 5 rings (SSSR count). The van der Waals surface area contributed by atoms with Gasteiger partial charge in [0.25, 0.3) is 0 Å². The number of ether oxygens (including phenoxy) is 1.